The van der Waals surface area contributed by atoms with Gasteiger partial charge in [0, 0.05) is 16.4 Å². The second-order valence-corrected chi connectivity index (χ2v) is 8.27. The van der Waals surface area contributed by atoms with Crippen LogP contribution in [-0.4, -0.2) is 21.4 Å². The molecule has 0 aliphatic rings. The molecule has 1 amide bonds. The maximum absolute atomic E-state index is 12.7. The number of benzene rings is 3. The second-order valence-electron chi connectivity index (χ2n) is 6.18. The van der Waals surface area contributed by atoms with Crippen LogP contribution in [0.3, 0.4) is 0 Å². The number of ether oxygens (including phenoxy) is 1. The van der Waals surface area contributed by atoms with E-state index in [4.69, 9.17) is 16.3 Å². The lowest BCUT2D eigenvalue weighted by molar-refractivity contribution is -0.115. The largest absolute Gasteiger partial charge is 0.497 e. The third-order valence-corrected chi connectivity index (χ3v) is 5.83. The number of hydrogen-bond donors (Lipinski definition) is 2. The van der Waals surface area contributed by atoms with Gasteiger partial charge in [-0.2, -0.15) is 0 Å². The van der Waals surface area contributed by atoms with E-state index in [2.05, 4.69) is 10.0 Å². The Bertz CT molecular complexity index is 1120. The van der Waals surface area contributed by atoms with Crippen LogP contribution in [0.15, 0.2) is 77.7 Å². The van der Waals surface area contributed by atoms with Crippen LogP contribution in [0.4, 0.5) is 11.4 Å². The van der Waals surface area contributed by atoms with Crippen LogP contribution < -0.4 is 14.8 Å². The van der Waals surface area contributed by atoms with E-state index in [1.807, 2.05) is 0 Å². The normalized spacial score (nSPS) is 11.0. The fourth-order valence-corrected chi connectivity index (χ4v) is 3.94. The summed E-state index contributed by atoms with van der Waals surface area (Å²) >= 11 is 6.08. The summed E-state index contributed by atoms with van der Waals surface area (Å²) in [5.74, 6) is 0.326. The van der Waals surface area contributed by atoms with E-state index in [9.17, 15) is 13.2 Å². The highest BCUT2D eigenvalue weighted by Gasteiger charge is 2.16. The molecule has 2 N–H and O–H groups in total. The van der Waals surface area contributed by atoms with Crippen molar-refractivity contribution in [3.8, 4) is 5.75 Å². The molecule has 0 bridgehead atoms. The Hall–Kier alpha value is -3.03. The summed E-state index contributed by atoms with van der Waals surface area (Å²) < 4.78 is 32.9. The number of sulfonamides is 1. The molecule has 0 heterocycles. The molecule has 3 rings (SSSR count). The summed E-state index contributed by atoms with van der Waals surface area (Å²) in [6.07, 6.45) is 0.0841. The predicted molar refractivity (Wildman–Crippen MR) is 114 cm³/mol. The first kappa shape index (κ1) is 20.7. The zero-order valence-corrected chi connectivity index (χ0v) is 17.1. The number of halogens is 1. The molecule has 0 saturated carbocycles. The third-order valence-electron chi connectivity index (χ3n) is 4.08. The molecule has 3 aromatic carbocycles. The standard InChI is InChI=1S/C21H19ClN2O4S/c1-28-18-11-9-16(10-12-18)24-29(26,27)19-7-4-6-17(14-19)23-21(25)13-15-5-2-3-8-20(15)22/h2-12,14,24H,13H2,1H3,(H,23,25). The van der Waals surface area contributed by atoms with Crippen LogP contribution in [0.5, 0.6) is 5.75 Å². The van der Waals surface area contributed by atoms with E-state index < -0.39 is 10.0 Å². The van der Waals surface area contributed by atoms with Gasteiger partial charge in [-0.15, -0.1) is 0 Å². The highest BCUT2D eigenvalue weighted by molar-refractivity contribution is 7.92. The molecule has 6 nitrogen and oxygen atoms in total. The lowest BCUT2D eigenvalue weighted by Crippen LogP contribution is -2.16. The van der Waals surface area contributed by atoms with Crippen LogP contribution in [-0.2, 0) is 21.2 Å². The molecule has 0 fully saturated rings. The first-order valence-electron chi connectivity index (χ1n) is 8.67. The molecule has 0 aliphatic carbocycles. The number of methoxy groups -OCH3 is 1. The van der Waals surface area contributed by atoms with Gasteiger partial charge in [-0.05, 0) is 54.1 Å². The van der Waals surface area contributed by atoms with Gasteiger partial charge in [0.2, 0.25) is 5.91 Å². The monoisotopic (exact) mass is 430 g/mol. The van der Waals surface area contributed by atoms with Gasteiger partial charge in [0.05, 0.1) is 18.4 Å². The van der Waals surface area contributed by atoms with Crippen molar-refractivity contribution in [1.29, 1.82) is 0 Å². The average molecular weight is 431 g/mol. The summed E-state index contributed by atoms with van der Waals surface area (Å²) in [6.45, 7) is 0. The zero-order valence-electron chi connectivity index (χ0n) is 15.6. The van der Waals surface area contributed by atoms with E-state index in [1.165, 1.54) is 19.2 Å². The number of carbonyl (C=O) groups excluding carboxylic acids is 1. The Balaban J connectivity index is 1.72. The van der Waals surface area contributed by atoms with Crippen molar-refractivity contribution in [2.24, 2.45) is 0 Å². The molecule has 150 valence electrons. The molecule has 0 aromatic heterocycles. The second kappa shape index (κ2) is 8.98. The number of anilines is 2. The highest BCUT2D eigenvalue weighted by atomic mass is 35.5. The van der Waals surface area contributed by atoms with Crippen molar-refractivity contribution in [2.75, 3.05) is 17.1 Å². The Morgan fingerprint density at radius 3 is 2.38 bits per heavy atom. The van der Waals surface area contributed by atoms with E-state index in [0.717, 1.165) is 0 Å². The van der Waals surface area contributed by atoms with E-state index in [-0.39, 0.29) is 17.2 Å². The first-order valence-corrected chi connectivity index (χ1v) is 10.5. The summed E-state index contributed by atoms with van der Waals surface area (Å²) in [4.78, 5) is 12.3. The van der Waals surface area contributed by atoms with Gasteiger partial charge in [-0.25, -0.2) is 8.42 Å². The van der Waals surface area contributed by atoms with Gasteiger partial charge in [0.1, 0.15) is 5.75 Å². The predicted octanol–water partition coefficient (Wildman–Crippen LogP) is 4.33. The number of rotatable bonds is 7. The molecular weight excluding hydrogens is 412 g/mol. The van der Waals surface area contributed by atoms with Crippen molar-refractivity contribution in [2.45, 2.75) is 11.3 Å². The maximum atomic E-state index is 12.7. The fourth-order valence-electron chi connectivity index (χ4n) is 2.63. The van der Waals surface area contributed by atoms with Crippen molar-refractivity contribution in [3.63, 3.8) is 0 Å². The van der Waals surface area contributed by atoms with Crippen LogP contribution in [0, 0.1) is 0 Å². The Kier molecular flexibility index (Phi) is 6.41. The lowest BCUT2D eigenvalue weighted by Gasteiger charge is -2.11. The van der Waals surface area contributed by atoms with Crippen LogP contribution in [0.25, 0.3) is 0 Å². The molecule has 0 aliphatic heterocycles. The smallest absolute Gasteiger partial charge is 0.261 e. The Morgan fingerprint density at radius 1 is 0.966 bits per heavy atom. The number of amides is 1. The summed E-state index contributed by atoms with van der Waals surface area (Å²) in [5.41, 5.74) is 1.47. The molecule has 29 heavy (non-hydrogen) atoms. The minimum absolute atomic E-state index is 0.0314. The summed E-state index contributed by atoms with van der Waals surface area (Å²) in [7, 11) is -2.29. The number of nitrogens with one attached hydrogen (secondary N) is 2. The Labute approximate surface area is 174 Å². The highest BCUT2D eigenvalue weighted by Crippen LogP contribution is 2.22. The molecule has 0 unspecified atom stereocenters. The van der Waals surface area contributed by atoms with Crippen LogP contribution >= 0.6 is 11.6 Å². The fraction of sp³-hybridized carbons (Fsp3) is 0.0952. The molecule has 0 radical (unpaired) electrons. The van der Waals surface area contributed by atoms with Crippen molar-refractivity contribution < 1.29 is 17.9 Å². The quantitative estimate of drug-likeness (QED) is 0.584. The average Bonchev–Trinajstić information content (AvgIpc) is 2.70. The van der Waals surface area contributed by atoms with E-state index in [1.54, 1.807) is 60.7 Å². The number of carbonyl (C=O) groups is 1. The first-order chi connectivity index (χ1) is 13.9. The summed E-state index contributed by atoms with van der Waals surface area (Å²) in [5, 5.41) is 3.21. The number of hydrogen-bond acceptors (Lipinski definition) is 4. The van der Waals surface area contributed by atoms with Gasteiger partial charge in [0.25, 0.3) is 10.0 Å². The Morgan fingerprint density at radius 2 is 1.69 bits per heavy atom. The van der Waals surface area contributed by atoms with E-state index >= 15 is 0 Å². The van der Waals surface area contributed by atoms with Crippen molar-refractivity contribution >= 4 is 38.9 Å². The van der Waals surface area contributed by atoms with Gasteiger partial charge in [-0.1, -0.05) is 35.9 Å². The van der Waals surface area contributed by atoms with Crippen molar-refractivity contribution in [3.05, 3.63) is 83.4 Å². The SMILES string of the molecule is COc1ccc(NS(=O)(=O)c2cccc(NC(=O)Cc3ccccc3Cl)c2)cc1. The molecule has 8 heteroatoms. The minimum atomic E-state index is -3.82. The minimum Gasteiger partial charge on any atom is -0.497 e. The van der Waals surface area contributed by atoms with Crippen molar-refractivity contribution in [1.82, 2.24) is 0 Å². The van der Waals surface area contributed by atoms with E-state index in [0.29, 0.717) is 27.7 Å². The molecular formula is C21H19ClN2O4S. The molecule has 0 spiro atoms. The molecule has 0 atom stereocenters. The maximum Gasteiger partial charge on any atom is 0.261 e. The van der Waals surface area contributed by atoms with Gasteiger partial charge < -0.3 is 10.1 Å². The third kappa shape index (κ3) is 5.49. The summed E-state index contributed by atoms with van der Waals surface area (Å²) in [6, 6.07) is 19.6. The molecule has 0 saturated heterocycles. The van der Waals surface area contributed by atoms with Gasteiger partial charge >= 0.3 is 0 Å². The zero-order chi connectivity index (χ0) is 20.9. The van der Waals surface area contributed by atoms with Crippen LogP contribution in [0.2, 0.25) is 5.02 Å². The van der Waals surface area contributed by atoms with Crippen LogP contribution in [0.1, 0.15) is 5.56 Å². The van der Waals surface area contributed by atoms with Gasteiger partial charge in [-0.3, -0.25) is 9.52 Å². The lowest BCUT2D eigenvalue weighted by atomic mass is 10.1. The van der Waals surface area contributed by atoms with Gasteiger partial charge in [0.15, 0.2) is 0 Å². The topological polar surface area (TPSA) is 84.5 Å². The molecule has 3 aromatic rings.